The predicted molar refractivity (Wildman–Crippen MR) is 88.5 cm³/mol. The second-order valence-electron chi connectivity index (χ2n) is 5.26. The quantitative estimate of drug-likeness (QED) is 0.508. The summed E-state index contributed by atoms with van der Waals surface area (Å²) in [6.45, 7) is 0.586. The number of amides is 1. The van der Waals surface area contributed by atoms with E-state index in [0.29, 0.717) is 23.4 Å². The van der Waals surface area contributed by atoms with Gasteiger partial charge in [0.05, 0.1) is 23.8 Å². The first-order valence-electron chi connectivity index (χ1n) is 7.51. The van der Waals surface area contributed by atoms with Crippen molar-refractivity contribution in [3.05, 3.63) is 69.5 Å². The fraction of sp³-hybridized carbons (Fsp3) is 0.176. The molecule has 1 aliphatic rings. The van der Waals surface area contributed by atoms with Crippen molar-refractivity contribution in [3.8, 4) is 5.75 Å². The lowest BCUT2D eigenvalue weighted by Gasteiger charge is -2.19. The van der Waals surface area contributed by atoms with Crippen LogP contribution in [0.5, 0.6) is 5.75 Å². The number of benzene rings is 1. The summed E-state index contributed by atoms with van der Waals surface area (Å²) in [7, 11) is 0. The Morgan fingerprint density at radius 1 is 1.40 bits per heavy atom. The maximum absolute atomic E-state index is 12.0. The number of hydrogen-bond acceptors (Lipinski definition) is 6. The lowest BCUT2D eigenvalue weighted by molar-refractivity contribution is -0.385. The summed E-state index contributed by atoms with van der Waals surface area (Å²) in [5, 5.41) is 13.7. The topological polar surface area (TPSA) is 104 Å². The Morgan fingerprint density at radius 2 is 2.28 bits per heavy atom. The van der Waals surface area contributed by atoms with Gasteiger partial charge in [-0.1, -0.05) is 6.07 Å². The third kappa shape index (κ3) is 4.18. The molecule has 2 heterocycles. The van der Waals surface area contributed by atoms with Crippen molar-refractivity contribution in [2.45, 2.75) is 13.2 Å². The van der Waals surface area contributed by atoms with E-state index in [4.69, 9.17) is 9.47 Å². The number of fused-ring (bicyclic) bond motifs is 1. The molecule has 0 atom stereocenters. The minimum atomic E-state index is -0.493. The second kappa shape index (κ2) is 7.54. The van der Waals surface area contributed by atoms with Crippen molar-refractivity contribution in [1.29, 1.82) is 0 Å². The number of nitro benzene ring substituents is 1. The minimum Gasteiger partial charge on any atom is -0.467 e. The summed E-state index contributed by atoms with van der Waals surface area (Å²) < 4.78 is 10.6. The van der Waals surface area contributed by atoms with Gasteiger partial charge in [0, 0.05) is 35.5 Å². The third-order valence-corrected chi connectivity index (χ3v) is 3.52. The third-order valence-electron chi connectivity index (χ3n) is 3.52. The van der Waals surface area contributed by atoms with E-state index in [9.17, 15) is 14.9 Å². The Morgan fingerprint density at radius 3 is 3.04 bits per heavy atom. The molecule has 1 aromatic carbocycles. The van der Waals surface area contributed by atoms with E-state index in [1.54, 1.807) is 18.3 Å². The van der Waals surface area contributed by atoms with Gasteiger partial charge in [0.1, 0.15) is 5.75 Å². The Kier molecular flexibility index (Phi) is 5.00. The highest BCUT2D eigenvalue weighted by Gasteiger charge is 2.19. The van der Waals surface area contributed by atoms with Crippen LogP contribution in [0.25, 0.3) is 6.08 Å². The molecule has 2 aromatic rings. The molecular formula is C17H15N3O5. The molecule has 1 aromatic heterocycles. The summed E-state index contributed by atoms with van der Waals surface area (Å²) >= 11 is 0. The van der Waals surface area contributed by atoms with Gasteiger partial charge >= 0.3 is 0 Å². The zero-order valence-corrected chi connectivity index (χ0v) is 13.2. The van der Waals surface area contributed by atoms with E-state index < -0.39 is 4.92 Å². The number of nitro groups is 1. The van der Waals surface area contributed by atoms with Gasteiger partial charge in [0.15, 0.2) is 6.79 Å². The monoisotopic (exact) mass is 341 g/mol. The smallest absolute Gasteiger partial charge is 0.270 e. The number of aromatic nitrogens is 1. The zero-order chi connectivity index (χ0) is 17.6. The standard InChI is InChI=1S/C17H15N3O5/c21-16(19-9-14-3-1-2-6-18-14)5-4-12-7-15(20(22)23)8-13-10-24-11-25-17(12)13/h1-8H,9-11H2,(H,19,21)/b5-4+. The number of nitrogens with one attached hydrogen (secondary N) is 1. The van der Waals surface area contributed by atoms with E-state index in [1.165, 1.54) is 24.3 Å². The van der Waals surface area contributed by atoms with Gasteiger partial charge in [0.2, 0.25) is 5.91 Å². The van der Waals surface area contributed by atoms with Crippen LogP contribution in [0.2, 0.25) is 0 Å². The molecule has 0 radical (unpaired) electrons. The Bertz CT molecular complexity index is 821. The average molecular weight is 341 g/mol. The molecular weight excluding hydrogens is 326 g/mol. The maximum atomic E-state index is 12.0. The summed E-state index contributed by atoms with van der Waals surface area (Å²) in [5.41, 5.74) is 1.69. The summed E-state index contributed by atoms with van der Waals surface area (Å²) in [5.74, 6) is 0.156. The van der Waals surface area contributed by atoms with Crippen LogP contribution in [-0.4, -0.2) is 22.6 Å². The first-order chi connectivity index (χ1) is 12.1. The number of rotatable bonds is 5. The van der Waals surface area contributed by atoms with Gasteiger partial charge in [-0.2, -0.15) is 0 Å². The molecule has 0 spiro atoms. The Labute approximate surface area is 143 Å². The number of carbonyl (C=O) groups excluding carboxylic acids is 1. The number of ether oxygens (including phenoxy) is 2. The Balaban J connectivity index is 1.74. The summed E-state index contributed by atoms with van der Waals surface area (Å²) in [6, 6.07) is 8.20. The van der Waals surface area contributed by atoms with Crippen LogP contribution >= 0.6 is 0 Å². The Hall–Kier alpha value is -3.26. The molecule has 128 valence electrons. The molecule has 8 heteroatoms. The van der Waals surface area contributed by atoms with Crippen LogP contribution in [0.4, 0.5) is 5.69 Å². The normalized spacial score (nSPS) is 13.1. The van der Waals surface area contributed by atoms with Crippen molar-refractivity contribution < 1.29 is 19.2 Å². The molecule has 0 fully saturated rings. The fourth-order valence-corrected chi connectivity index (χ4v) is 2.37. The molecule has 0 unspecified atom stereocenters. The van der Waals surface area contributed by atoms with Gasteiger partial charge in [-0.15, -0.1) is 0 Å². The molecule has 0 aliphatic carbocycles. The van der Waals surface area contributed by atoms with Gasteiger partial charge in [0.25, 0.3) is 5.69 Å². The molecule has 25 heavy (non-hydrogen) atoms. The largest absolute Gasteiger partial charge is 0.467 e. The van der Waals surface area contributed by atoms with E-state index in [-0.39, 0.29) is 25.0 Å². The van der Waals surface area contributed by atoms with Gasteiger partial charge < -0.3 is 14.8 Å². The number of hydrogen-bond donors (Lipinski definition) is 1. The fourth-order valence-electron chi connectivity index (χ4n) is 2.37. The van der Waals surface area contributed by atoms with Crippen LogP contribution in [0.3, 0.4) is 0 Å². The highest BCUT2D eigenvalue weighted by Crippen LogP contribution is 2.33. The minimum absolute atomic E-state index is 0.0670. The molecule has 1 amide bonds. The number of nitrogens with zero attached hydrogens (tertiary/aromatic N) is 2. The molecule has 0 saturated heterocycles. The molecule has 1 aliphatic heterocycles. The van der Waals surface area contributed by atoms with Crippen LogP contribution in [0, 0.1) is 10.1 Å². The van der Waals surface area contributed by atoms with Crippen LogP contribution in [-0.2, 0) is 22.7 Å². The molecule has 0 bridgehead atoms. The molecule has 3 rings (SSSR count). The first-order valence-corrected chi connectivity index (χ1v) is 7.51. The van der Waals surface area contributed by atoms with Crippen molar-refractivity contribution in [2.24, 2.45) is 0 Å². The highest BCUT2D eigenvalue weighted by molar-refractivity contribution is 5.92. The van der Waals surface area contributed by atoms with Crippen molar-refractivity contribution in [1.82, 2.24) is 10.3 Å². The maximum Gasteiger partial charge on any atom is 0.270 e. The first kappa shape index (κ1) is 16.6. The number of pyridine rings is 1. The van der Waals surface area contributed by atoms with E-state index in [0.717, 1.165) is 5.69 Å². The van der Waals surface area contributed by atoms with Crippen LogP contribution < -0.4 is 10.1 Å². The molecule has 8 nitrogen and oxygen atoms in total. The van der Waals surface area contributed by atoms with Crippen molar-refractivity contribution >= 4 is 17.7 Å². The molecule has 0 saturated carbocycles. The summed E-state index contributed by atoms with van der Waals surface area (Å²) in [6.07, 6.45) is 4.44. The number of non-ortho nitro benzene ring substituents is 1. The van der Waals surface area contributed by atoms with Crippen molar-refractivity contribution in [2.75, 3.05) is 6.79 Å². The van der Waals surface area contributed by atoms with E-state index >= 15 is 0 Å². The second-order valence-corrected chi connectivity index (χ2v) is 5.26. The van der Waals surface area contributed by atoms with Gasteiger partial charge in [-0.3, -0.25) is 19.9 Å². The zero-order valence-electron chi connectivity index (χ0n) is 13.2. The molecule has 1 N–H and O–H groups in total. The predicted octanol–water partition coefficient (Wildman–Crippen LogP) is 2.19. The van der Waals surface area contributed by atoms with Gasteiger partial charge in [-0.25, -0.2) is 0 Å². The van der Waals surface area contributed by atoms with Gasteiger partial charge in [-0.05, 0) is 18.2 Å². The van der Waals surface area contributed by atoms with Crippen LogP contribution in [0.15, 0.2) is 42.6 Å². The van der Waals surface area contributed by atoms with Crippen LogP contribution in [0.1, 0.15) is 16.8 Å². The lowest BCUT2D eigenvalue weighted by Crippen LogP contribution is -2.20. The summed E-state index contributed by atoms with van der Waals surface area (Å²) in [4.78, 5) is 26.6. The number of carbonyl (C=O) groups is 1. The lowest BCUT2D eigenvalue weighted by atomic mass is 10.1. The van der Waals surface area contributed by atoms with E-state index in [2.05, 4.69) is 10.3 Å². The average Bonchev–Trinajstić information content (AvgIpc) is 2.65. The van der Waals surface area contributed by atoms with Crippen molar-refractivity contribution in [3.63, 3.8) is 0 Å². The van der Waals surface area contributed by atoms with E-state index in [1.807, 2.05) is 6.07 Å². The highest BCUT2D eigenvalue weighted by atomic mass is 16.7. The SMILES string of the molecule is O=C(/C=C/c1cc([N+](=O)[O-])cc2c1OCOC2)NCc1ccccn1.